The molecule has 3 aromatic rings. The van der Waals surface area contributed by atoms with Crippen LogP contribution in [-0.4, -0.2) is 40.3 Å². The Morgan fingerprint density at radius 3 is 2.50 bits per heavy atom. The van der Waals surface area contributed by atoms with Crippen LogP contribution < -0.4 is 0 Å². The van der Waals surface area contributed by atoms with Crippen molar-refractivity contribution in [1.29, 1.82) is 0 Å². The molecule has 4 rings (SSSR count). The highest BCUT2D eigenvalue weighted by Gasteiger charge is 2.28. The number of aryl methyl sites for hydroxylation is 1. The van der Waals surface area contributed by atoms with E-state index in [9.17, 15) is 4.79 Å². The number of hydrogen-bond acceptors (Lipinski definition) is 3. The Balaban J connectivity index is 1.55. The molecule has 5 nitrogen and oxygen atoms in total. The Hall–Kier alpha value is -2.92. The van der Waals surface area contributed by atoms with Crippen molar-refractivity contribution in [1.82, 2.24) is 14.7 Å². The van der Waals surface area contributed by atoms with Crippen molar-refractivity contribution < 1.29 is 9.53 Å². The largest absolute Gasteiger partial charge is 0.370 e. The minimum atomic E-state index is -0.0873. The Morgan fingerprint density at radius 2 is 1.77 bits per heavy atom. The SMILES string of the molecule is Cn1nc(-c2ccccc2)cc1C(=O)N1CCOC(c2ccccc2)C1. The van der Waals surface area contributed by atoms with Gasteiger partial charge in [-0.1, -0.05) is 60.7 Å². The fourth-order valence-corrected chi connectivity index (χ4v) is 3.28. The zero-order valence-electron chi connectivity index (χ0n) is 14.7. The zero-order chi connectivity index (χ0) is 17.9. The summed E-state index contributed by atoms with van der Waals surface area (Å²) in [5.74, 6) is -0.00795. The first-order valence-corrected chi connectivity index (χ1v) is 8.77. The molecule has 0 radical (unpaired) electrons. The molecule has 0 aliphatic carbocycles. The van der Waals surface area contributed by atoms with E-state index in [2.05, 4.69) is 5.10 Å². The third-order valence-corrected chi connectivity index (χ3v) is 4.69. The summed E-state index contributed by atoms with van der Waals surface area (Å²) in [7, 11) is 1.81. The lowest BCUT2D eigenvalue weighted by Crippen LogP contribution is -2.42. The Labute approximate surface area is 152 Å². The lowest BCUT2D eigenvalue weighted by Gasteiger charge is -2.33. The molecular weight excluding hydrogens is 326 g/mol. The van der Waals surface area contributed by atoms with E-state index in [-0.39, 0.29) is 12.0 Å². The summed E-state index contributed by atoms with van der Waals surface area (Å²) < 4.78 is 7.53. The molecule has 0 saturated carbocycles. The van der Waals surface area contributed by atoms with E-state index in [4.69, 9.17) is 4.74 Å². The van der Waals surface area contributed by atoms with Gasteiger partial charge >= 0.3 is 0 Å². The Bertz CT molecular complexity index is 890. The van der Waals surface area contributed by atoms with Crippen molar-refractivity contribution in [3.8, 4) is 11.3 Å². The monoisotopic (exact) mass is 347 g/mol. The maximum absolute atomic E-state index is 13.1. The van der Waals surface area contributed by atoms with E-state index in [1.807, 2.05) is 78.7 Å². The second-order valence-corrected chi connectivity index (χ2v) is 6.43. The number of aromatic nitrogens is 2. The van der Waals surface area contributed by atoms with E-state index >= 15 is 0 Å². The van der Waals surface area contributed by atoms with Crippen LogP contribution >= 0.6 is 0 Å². The van der Waals surface area contributed by atoms with Crippen LogP contribution in [0.25, 0.3) is 11.3 Å². The van der Waals surface area contributed by atoms with Gasteiger partial charge in [0.2, 0.25) is 0 Å². The van der Waals surface area contributed by atoms with Crippen molar-refractivity contribution >= 4 is 5.91 Å². The molecule has 0 spiro atoms. The fourth-order valence-electron chi connectivity index (χ4n) is 3.28. The van der Waals surface area contributed by atoms with E-state index in [0.29, 0.717) is 25.4 Å². The summed E-state index contributed by atoms with van der Waals surface area (Å²) in [4.78, 5) is 14.9. The first-order chi connectivity index (χ1) is 12.7. The average Bonchev–Trinajstić information content (AvgIpc) is 3.10. The fraction of sp³-hybridized carbons (Fsp3) is 0.238. The van der Waals surface area contributed by atoms with E-state index < -0.39 is 0 Å². The third kappa shape index (κ3) is 3.26. The van der Waals surface area contributed by atoms with Crippen molar-refractivity contribution in [3.05, 3.63) is 78.0 Å². The van der Waals surface area contributed by atoms with Crippen LogP contribution in [0.3, 0.4) is 0 Å². The van der Waals surface area contributed by atoms with E-state index in [1.165, 1.54) is 0 Å². The van der Waals surface area contributed by atoms with Crippen LogP contribution in [0.2, 0.25) is 0 Å². The van der Waals surface area contributed by atoms with E-state index in [0.717, 1.165) is 16.8 Å². The summed E-state index contributed by atoms with van der Waals surface area (Å²) in [5, 5.41) is 4.51. The molecular formula is C21H21N3O2. The topological polar surface area (TPSA) is 47.4 Å². The maximum Gasteiger partial charge on any atom is 0.272 e. The summed E-state index contributed by atoms with van der Waals surface area (Å²) in [6.07, 6.45) is -0.0873. The molecule has 26 heavy (non-hydrogen) atoms. The number of amides is 1. The highest BCUT2D eigenvalue weighted by Crippen LogP contribution is 2.24. The lowest BCUT2D eigenvalue weighted by atomic mass is 10.1. The van der Waals surface area contributed by atoms with Gasteiger partial charge in [-0.15, -0.1) is 0 Å². The summed E-state index contributed by atoms with van der Waals surface area (Å²) in [6, 6.07) is 21.8. The van der Waals surface area contributed by atoms with Gasteiger partial charge in [0, 0.05) is 19.2 Å². The third-order valence-electron chi connectivity index (χ3n) is 4.69. The van der Waals surface area contributed by atoms with Gasteiger partial charge in [0.1, 0.15) is 11.8 Å². The van der Waals surface area contributed by atoms with Gasteiger partial charge in [-0.25, -0.2) is 0 Å². The van der Waals surface area contributed by atoms with Gasteiger partial charge in [0.15, 0.2) is 0 Å². The smallest absolute Gasteiger partial charge is 0.272 e. The number of rotatable bonds is 3. The molecule has 1 atom stereocenters. The van der Waals surface area contributed by atoms with Crippen molar-refractivity contribution in [2.75, 3.05) is 19.7 Å². The number of hydrogen-bond donors (Lipinski definition) is 0. The number of ether oxygens (including phenoxy) is 1. The molecule has 0 bridgehead atoms. The molecule has 1 saturated heterocycles. The van der Waals surface area contributed by atoms with Crippen LogP contribution in [0.5, 0.6) is 0 Å². The highest BCUT2D eigenvalue weighted by atomic mass is 16.5. The van der Waals surface area contributed by atoms with Crippen LogP contribution in [-0.2, 0) is 11.8 Å². The molecule has 1 aromatic heterocycles. The molecule has 1 aliphatic heterocycles. The van der Waals surface area contributed by atoms with Gasteiger partial charge in [-0.2, -0.15) is 5.10 Å². The minimum Gasteiger partial charge on any atom is -0.370 e. The molecule has 132 valence electrons. The van der Waals surface area contributed by atoms with Gasteiger partial charge in [-0.3, -0.25) is 9.48 Å². The predicted molar refractivity (Wildman–Crippen MR) is 99.7 cm³/mol. The standard InChI is InChI=1S/C21H21N3O2/c1-23-19(14-18(22-23)16-8-4-2-5-9-16)21(25)24-12-13-26-20(15-24)17-10-6-3-7-11-17/h2-11,14,20H,12-13,15H2,1H3. The van der Waals surface area contributed by atoms with Crippen LogP contribution in [0.15, 0.2) is 66.7 Å². The minimum absolute atomic E-state index is 0.00795. The first kappa shape index (κ1) is 16.5. The normalized spacial score (nSPS) is 17.3. The Morgan fingerprint density at radius 1 is 1.08 bits per heavy atom. The van der Waals surface area contributed by atoms with Gasteiger partial charge in [-0.05, 0) is 11.6 Å². The predicted octanol–water partition coefficient (Wildman–Crippen LogP) is 3.30. The first-order valence-electron chi connectivity index (χ1n) is 8.77. The summed E-state index contributed by atoms with van der Waals surface area (Å²) in [6.45, 7) is 1.68. The summed E-state index contributed by atoms with van der Waals surface area (Å²) >= 11 is 0. The molecule has 2 aromatic carbocycles. The van der Waals surface area contributed by atoms with Crippen LogP contribution in [0.1, 0.15) is 22.2 Å². The molecule has 5 heteroatoms. The van der Waals surface area contributed by atoms with Gasteiger partial charge in [0.25, 0.3) is 5.91 Å². The van der Waals surface area contributed by atoms with Crippen molar-refractivity contribution in [2.24, 2.45) is 7.05 Å². The van der Waals surface area contributed by atoms with Crippen LogP contribution in [0, 0.1) is 0 Å². The lowest BCUT2D eigenvalue weighted by molar-refractivity contribution is -0.0231. The number of nitrogens with zero attached hydrogens (tertiary/aromatic N) is 3. The number of morpholine rings is 1. The van der Waals surface area contributed by atoms with Gasteiger partial charge in [0.05, 0.1) is 18.8 Å². The highest BCUT2D eigenvalue weighted by molar-refractivity contribution is 5.93. The average molecular weight is 347 g/mol. The molecule has 1 fully saturated rings. The van der Waals surface area contributed by atoms with E-state index in [1.54, 1.807) is 4.68 Å². The van der Waals surface area contributed by atoms with Crippen molar-refractivity contribution in [3.63, 3.8) is 0 Å². The molecule has 1 unspecified atom stereocenters. The molecule has 1 amide bonds. The molecule has 0 N–H and O–H groups in total. The zero-order valence-corrected chi connectivity index (χ0v) is 14.7. The van der Waals surface area contributed by atoms with Gasteiger partial charge < -0.3 is 9.64 Å². The quantitative estimate of drug-likeness (QED) is 0.730. The number of carbonyl (C=O) groups is 1. The Kier molecular flexibility index (Phi) is 4.54. The number of benzene rings is 2. The van der Waals surface area contributed by atoms with Crippen molar-refractivity contribution in [2.45, 2.75) is 6.10 Å². The molecule has 1 aliphatic rings. The second kappa shape index (κ2) is 7.14. The second-order valence-electron chi connectivity index (χ2n) is 6.43. The summed E-state index contributed by atoms with van der Waals surface area (Å²) in [5.41, 5.74) is 3.51. The van der Waals surface area contributed by atoms with Crippen LogP contribution in [0.4, 0.5) is 0 Å². The number of carbonyl (C=O) groups excluding carboxylic acids is 1. The molecule has 2 heterocycles. The maximum atomic E-state index is 13.1.